The number of hydrogen-bond donors (Lipinski definition) is 1. The Morgan fingerprint density at radius 3 is 2.37 bits per heavy atom. The Balaban J connectivity index is 2.60. The number of rotatable bonds is 10. The van der Waals surface area contributed by atoms with Crippen molar-refractivity contribution in [2.24, 2.45) is 0 Å². The van der Waals surface area contributed by atoms with Gasteiger partial charge in [-0.2, -0.15) is 0 Å². The maximum absolute atomic E-state index is 5.17. The van der Waals surface area contributed by atoms with Crippen LogP contribution in [0.4, 0.5) is 0 Å². The van der Waals surface area contributed by atoms with Crippen molar-refractivity contribution in [3.05, 3.63) is 21.4 Å². The van der Waals surface area contributed by atoms with Gasteiger partial charge in [-0.3, -0.25) is 4.90 Å². The molecule has 0 saturated carbocycles. The molecule has 4 nitrogen and oxygen atoms in total. The summed E-state index contributed by atoms with van der Waals surface area (Å²) in [4.78, 5) is 5.18. The largest absolute Gasteiger partial charge is 0.383 e. The quantitative estimate of drug-likeness (QED) is 0.712. The number of nitrogens with zero attached hydrogens (tertiary/aromatic N) is 1. The Hall–Kier alpha value is -0.460. The van der Waals surface area contributed by atoms with E-state index in [0.29, 0.717) is 0 Å². The lowest BCUT2D eigenvalue weighted by Crippen LogP contribution is -2.30. The molecule has 0 saturated heterocycles. The zero-order valence-corrected chi connectivity index (χ0v) is 13.3. The molecule has 0 bridgehead atoms. The van der Waals surface area contributed by atoms with Gasteiger partial charge in [0.25, 0.3) is 0 Å². The monoisotopic (exact) mass is 286 g/mol. The van der Waals surface area contributed by atoms with Gasteiger partial charge in [-0.15, -0.1) is 11.3 Å². The Bertz CT molecular complexity index is 347. The van der Waals surface area contributed by atoms with Gasteiger partial charge in [-0.1, -0.05) is 0 Å². The molecular formula is C14H26N2O2S. The molecule has 1 rings (SSSR count). The zero-order chi connectivity index (χ0) is 14.1. The molecule has 0 spiro atoms. The fourth-order valence-electron chi connectivity index (χ4n) is 1.96. The van der Waals surface area contributed by atoms with Gasteiger partial charge < -0.3 is 14.8 Å². The summed E-state index contributed by atoms with van der Waals surface area (Å²) in [6.07, 6.45) is 0. The van der Waals surface area contributed by atoms with E-state index >= 15 is 0 Å². The van der Waals surface area contributed by atoms with E-state index in [2.05, 4.69) is 23.2 Å². The van der Waals surface area contributed by atoms with E-state index in [9.17, 15) is 0 Å². The minimum absolute atomic E-state index is 0.760. The number of methoxy groups -OCH3 is 2. The molecule has 0 fully saturated rings. The lowest BCUT2D eigenvalue weighted by Gasteiger charge is -2.21. The molecular weight excluding hydrogens is 260 g/mol. The molecule has 0 unspecified atom stereocenters. The molecule has 1 heterocycles. The Labute approximate surface area is 120 Å². The summed E-state index contributed by atoms with van der Waals surface area (Å²) in [7, 11) is 5.48. The van der Waals surface area contributed by atoms with Crippen molar-refractivity contribution in [3.8, 4) is 0 Å². The maximum atomic E-state index is 5.17. The summed E-state index contributed by atoms with van der Waals surface area (Å²) in [6, 6.07) is 2.31. The van der Waals surface area contributed by atoms with Crippen molar-refractivity contribution >= 4 is 11.3 Å². The molecule has 110 valence electrons. The van der Waals surface area contributed by atoms with Crippen molar-refractivity contribution < 1.29 is 9.47 Å². The van der Waals surface area contributed by atoms with Crippen LogP contribution in [0.15, 0.2) is 6.07 Å². The summed E-state index contributed by atoms with van der Waals surface area (Å²) in [5.41, 5.74) is 1.42. The van der Waals surface area contributed by atoms with Gasteiger partial charge in [0.15, 0.2) is 0 Å². The van der Waals surface area contributed by atoms with Gasteiger partial charge in [0, 0.05) is 50.2 Å². The second kappa shape index (κ2) is 9.44. The van der Waals surface area contributed by atoms with Gasteiger partial charge in [-0.25, -0.2) is 0 Å². The third-order valence-electron chi connectivity index (χ3n) is 3.04. The Kier molecular flexibility index (Phi) is 8.25. The third-order valence-corrected chi connectivity index (χ3v) is 4.13. The molecule has 5 heteroatoms. The van der Waals surface area contributed by atoms with Crippen LogP contribution in [0.25, 0.3) is 0 Å². The first-order valence-corrected chi connectivity index (χ1v) is 7.46. The summed E-state index contributed by atoms with van der Waals surface area (Å²) in [6.45, 7) is 7.52. The highest BCUT2D eigenvalue weighted by Gasteiger charge is 2.10. The molecule has 0 aliphatic carbocycles. The zero-order valence-electron chi connectivity index (χ0n) is 12.5. The third kappa shape index (κ3) is 6.01. The van der Waals surface area contributed by atoms with Gasteiger partial charge in [0.05, 0.1) is 13.2 Å². The number of ether oxygens (including phenoxy) is 2. The summed E-state index contributed by atoms with van der Waals surface area (Å²) >= 11 is 1.88. The van der Waals surface area contributed by atoms with E-state index in [4.69, 9.17) is 9.47 Å². The predicted molar refractivity (Wildman–Crippen MR) is 80.8 cm³/mol. The molecule has 1 aromatic heterocycles. The number of hydrogen-bond acceptors (Lipinski definition) is 5. The molecule has 0 radical (unpaired) electrons. The minimum atomic E-state index is 0.760. The molecule has 1 aromatic rings. The van der Waals surface area contributed by atoms with Crippen LogP contribution in [0.2, 0.25) is 0 Å². The minimum Gasteiger partial charge on any atom is -0.383 e. The summed E-state index contributed by atoms with van der Waals surface area (Å²) < 4.78 is 10.3. The van der Waals surface area contributed by atoms with Crippen LogP contribution in [0, 0.1) is 6.92 Å². The Morgan fingerprint density at radius 1 is 1.21 bits per heavy atom. The van der Waals surface area contributed by atoms with Crippen LogP contribution < -0.4 is 5.32 Å². The highest BCUT2D eigenvalue weighted by molar-refractivity contribution is 7.12. The fraction of sp³-hybridized carbons (Fsp3) is 0.714. The average molecular weight is 286 g/mol. The molecule has 0 atom stereocenters. The van der Waals surface area contributed by atoms with Gasteiger partial charge >= 0.3 is 0 Å². The van der Waals surface area contributed by atoms with E-state index in [1.165, 1.54) is 15.3 Å². The van der Waals surface area contributed by atoms with Gasteiger partial charge in [0.2, 0.25) is 0 Å². The van der Waals surface area contributed by atoms with Crippen LogP contribution in [0.3, 0.4) is 0 Å². The first kappa shape index (κ1) is 16.6. The van der Waals surface area contributed by atoms with Gasteiger partial charge in [0.1, 0.15) is 0 Å². The molecule has 19 heavy (non-hydrogen) atoms. The molecule has 0 aliphatic rings. The van der Waals surface area contributed by atoms with Crippen LogP contribution in [0.1, 0.15) is 15.3 Å². The number of aryl methyl sites for hydroxylation is 1. The lowest BCUT2D eigenvalue weighted by molar-refractivity contribution is 0.110. The smallest absolute Gasteiger partial charge is 0.0589 e. The highest BCUT2D eigenvalue weighted by Crippen LogP contribution is 2.22. The SMILES string of the molecule is CNCc1cc(CN(CCOC)CCOC)c(C)s1. The van der Waals surface area contributed by atoms with E-state index in [-0.39, 0.29) is 0 Å². The normalized spacial score (nSPS) is 11.4. The maximum Gasteiger partial charge on any atom is 0.0589 e. The second-order valence-electron chi connectivity index (χ2n) is 4.59. The van der Waals surface area contributed by atoms with Crippen molar-refractivity contribution in [3.63, 3.8) is 0 Å². The molecule has 0 aliphatic heterocycles. The van der Waals surface area contributed by atoms with E-state index in [1.54, 1.807) is 14.2 Å². The summed E-state index contributed by atoms with van der Waals surface area (Å²) in [5, 5.41) is 3.20. The lowest BCUT2D eigenvalue weighted by atomic mass is 10.2. The van der Waals surface area contributed by atoms with Crippen LogP contribution in [-0.4, -0.2) is 52.5 Å². The van der Waals surface area contributed by atoms with Crippen LogP contribution in [0.5, 0.6) is 0 Å². The average Bonchev–Trinajstić information content (AvgIpc) is 2.73. The van der Waals surface area contributed by atoms with Gasteiger partial charge in [-0.05, 0) is 25.6 Å². The van der Waals surface area contributed by atoms with Crippen molar-refractivity contribution in [2.75, 3.05) is 47.6 Å². The molecule has 0 aromatic carbocycles. The highest BCUT2D eigenvalue weighted by atomic mass is 32.1. The van der Waals surface area contributed by atoms with Crippen molar-refractivity contribution in [1.29, 1.82) is 0 Å². The summed E-state index contributed by atoms with van der Waals surface area (Å²) in [5.74, 6) is 0. The van der Waals surface area contributed by atoms with Crippen molar-refractivity contribution in [1.82, 2.24) is 10.2 Å². The topological polar surface area (TPSA) is 33.7 Å². The van der Waals surface area contributed by atoms with Crippen LogP contribution >= 0.6 is 11.3 Å². The van der Waals surface area contributed by atoms with E-state index < -0.39 is 0 Å². The van der Waals surface area contributed by atoms with Crippen molar-refractivity contribution in [2.45, 2.75) is 20.0 Å². The molecule has 1 N–H and O–H groups in total. The standard InChI is InChI=1S/C14H26N2O2S/c1-12-13(9-14(19-12)10-15-2)11-16(5-7-17-3)6-8-18-4/h9,15H,5-8,10-11H2,1-4H3. The first-order valence-electron chi connectivity index (χ1n) is 6.64. The Morgan fingerprint density at radius 2 is 1.84 bits per heavy atom. The number of nitrogens with one attached hydrogen (secondary N) is 1. The predicted octanol–water partition coefficient (Wildman–Crippen LogP) is 1.87. The van der Waals surface area contributed by atoms with E-state index in [0.717, 1.165) is 39.4 Å². The van der Waals surface area contributed by atoms with Crippen LogP contribution in [-0.2, 0) is 22.6 Å². The number of thiophene rings is 1. The molecule has 0 amide bonds. The fourth-order valence-corrected chi connectivity index (χ4v) is 3.02. The first-order chi connectivity index (χ1) is 9.21. The van der Waals surface area contributed by atoms with E-state index in [1.807, 2.05) is 18.4 Å². The second-order valence-corrected chi connectivity index (χ2v) is 5.93.